The van der Waals surface area contributed by atoms with Crippen molar-refractivity contribution in [2.45, 2.75) is 43.4 Å². The zero-order valence-electron chi connectivity index (χ0n) is 21.7. The highest BCUT2D eigenvalue weighted by Crippen LogP contribution is 2.38. The fourth-order valence-corrected chi connectivity index (χ4v) is 3.68. The molecule has 0 radical (unpaired) electrons. The van der Waals surface area contributed by atoms with Crippen molar-refractivity contribution in [1.29, 1.82) is 5.41 Å². The van der Waals surface area contributed by atoms with Gasteiger partial charge in [0, 0.05) is 12.6 Å². The standard InChI is InChI=1S/C10H14N5O8P.C6H14N4O2.C4H4O2/c11-10-13-7-4(8(18)14-10)12-2-15(7)9-6(17)5(16)3(23-9)1-22-24(19,20)21;7-4(5(11)12)2-1-3-10-6(8)9;5-4-2-1-3-6-4/h2-3,5-6,9,16-17H,1H2,(H2,19,20,21)(H3,11,13,14,18);4H,1-3,7H2,(H,11,12)(H4,8,9,10);1-3,5H/t3-,5-,6-,9-;;/m1../s1. The quantitative estimate of drug-likeness (QED) is 0.0492. The molecule has 0 bridgehead atoms. The van der Waals surface area contributed by atoms with E-state index in [1.54, 1.807) is 6.07 Å². The van der Waals surface area contributed by atoms with Crippen LogP contribution in [0.2, 0.25) is 0 Å². The third kappa shape index (κ3) is 10.4. The van der Waals surface area contributed by atoms with Crippen LogP contribution in [0.1, 0.15) is 19.1 Å². The maximum absolute atomic E-state index is 11.7. The number of carbonyl (C=O) groups is 1. The molecule has 0 spiro atoms. The minimum absolute atomic E-state index is 0.0176. The maximum Gasteiger partial charge on any atom is 0.469 e. The van der Waals surface area contributed by atoms with Gasteiger partial charge >= 0.3 is 13.8 Å². The highest BCUT2D eigenvalue weighted by Gasteiger charge is 2.45. The molecule has 3 aromatic rings. The molecule has 3 aromatic heterocycles. The number of phosphoric acid groups is 1. The van der Waals surface area contributed by atoms with Crippen molar-refractivity contribution in [1.82, 2.24) is 24.8 Å². The zero-order chi connectivity index (χ0) is 31.6. The summed E-state index contributed by atoms with van der Waals surface area (Å²) in [6.45, 7) is -0.169. The lowest BCUT2D eigenvalue weighted by Crippen LogP contribution is -2.34. The Kier molecular flexibility index (Phi) is 12.4. The number of H-pyrrole nitrogens is 1. The lowest BCUT2D eigenvalue weighted by molar-refractivity contribution is -0.138. The summed E-state index contributed by atoms with van der Waals surface area (Å²) in [5.41, 5.74) is 15.1. The molecule has 5 atom stereocenters. The van der Waals surface area contributed by atoms with E-state index in [1.165, 1.54) is 23.2 Å². The second-order valence-corrected chi connectivity index (χ2v) is 9.73. The largest absolute Gasteiger partial charge is 0.481 e. The van der Waals surface area contributed by atoms with Gasteiger partial charge in [-0.15, -0.1) is 0 Å². The van der Waals surface area contributed by atoms with E-state index in [4.69, 9.17) is 47.3 Å². The molecule has 0 amide bonds. The first-order valence-corrected chi connectivity index (χ1v) is 13.4. The van der Waals surface area contributed by atoms with Gasteiger partial charge in [0.2, 0.25) is 5.95 Å². The number of rotatable bonds is 9. The number of hydrogen-bond acceptors (Lipinski definition) is 14. The SMILES string of the molecule is N=C(N)NCCCC(N)C(=O)O.Nc1nc2c(ncn2[C@@H]2O[C@H](COP(=O)(O)O)[C@@H](O)[C@H]2O)c(=O)[nH]1.Oc1ccco1. The summed E-state index contributed by atoms with van der Waals surface area (Å²) >= 11 is 0. The van der Waals surface area contributed by atoms with Crippen molar-refractivity contribution in [2.24, 2.45) is 11.5 Å². The zero-order valence-corrected chi connectivity index (χ0v) is 22.6. The number of guanidine groups is 1. The van der Waals surface area contributed by atoms with Gasteiger partial charge in [0.1, 0.15) is 24.4 Å². The number of aromatic amines is 1. The third-order valence-electron chi connectivity index (χ3n) is 5.30. The van der Waals surface area contributed by atoms with Crippen molar-refractivity contribution < 1.29 is 53.3 Å². The normalized spacial score (nSPS) is 20.6. The van der Waals surface area contributed by atoms with E-state index < -0.39 is 56.5 Å². The van der Waals surface area contributed by atoms with Crippen molar-refractivity contribution in [2.75, 3.05) is 18.9 Å². The fourth-order valence-electron chi connectivity index (χ4n) is 3.33. The molecule has 21 nitrogen and oxygen atoms in total. The Labute approximate surface area is 235 Å². The molecule has 1 saturated heterocycles. The molecule has 0 aromatic carbocycles. The number of nitrogens with two attached hydrogens (primary N) is 3. The van der Waals surface area contributed by atoms with Gasteiger partial charge in [-0.05, 0) is 18.9 Å². The van der Waals surface area contributed by atoms with Gasteiger partial charge in [-0.2, -0.15) is 4.98 Å². The van der Waals surface area contributed by atoms with Gasteiger partial charge < -0.3 is 61.9 Å². The third-order valence-corrected chi connectivity index (χ3v) is 5.79. The van der Waals surface area contributed by atoms with Crippen LogP contribution in [0.4, 0.5) is 5.95 Å². The van der Waals surface area contributed by atoms with Crippen LogP contribution < -0.4 is 28.1 Å². The van der Waals surface area contributed by atoms with E-state index in [9.17, 15) is 24.4 Å². The second kappa shape index (κ2) is 15.2. The summed E-state index contributed by atoms with van der Waals surface area (Å²) < 4.78 is 26.0. The van der Waals surface area contributed by atoms with Crippen molar-refractivity contribution >= 4 is 36.9 Å². The Morgan fingerprint density at radius 1 is 1.33 bits per heavy atom. The van der Waals surface area contributed by atoms with Crippen molar-refractivity contribution in [3.63, 3.8) is 0 Å². The Balaban J connectivity index is 0.000000283. The second-order valence-electron chi connectivity index (χ2n) is 8.49. The lowest BCUT2D eigenvalue weighted by atomic mass is 10.1. The van der Waals surface area contributed by atoms with Crippen LogP contribution in [0.25, 0.3) is 11.2 Å². The predicted octanol–water partition coefficient (Wildman–Crippen LogP) is -2.92. The van der Waals surface area contributed by atoms with Crippen LogP contribution in [-0.2, 0) is 18.6 Å². The van der Waals surface area contributed by atoms with Crippen LogP contribution in [-0.4, -0.2) is 99.2 Å². The Hall–Kier alpha value is -4.08. The van der Waals surface area contributed by atoms with E-state index in [0.29, 0.717) is 19.4 Å². The Bertz CT molecular complexity index is 1410. The number of imidazole rings is 1. The molecule has 1 fully saturated rings. The number of aliphatic hydroxyl groups excluding tert-OH is 2. The topological polar surface area (TPSA) is 365 Å². The Morgan fingerprint density at radius 3 is 2.55 bits per heavy atom. The molecule has 0 aliphatic carbocycles. The number of aromatic hydroxyl groups is 1. The number of carboxylic acids is 1. The van der Waals surface area contributed by atoms with Gasteiger partial charge in [0.15, 0.2) is 23.4 Å². The highest BCUT2D eigenvalue weighted by atomic mass is 31.2. The predicted molar refractivity (Wildman–Crippen MR) is 142 cm³/mol. The number of nitrogens with one attached hydrogen (secondary N) is 3. The number of aliphatic hydroxyl groups is 2. The minimum Gasteiger partial charge on any atom is -0.481 e. The summed E-state index contributed by atoms with van der Waals surface area (Å²) in [6.07, 6.45) is -1.83. The smallest absolute Gasteiger partial charge is 0.469 e. The maximum atomic E-state index is 11.7. The summed E-state index contributed by atoms with van der Waals surface area (Å²) in [5.74, 6) is -1.32. The summed E-state index contributed by atoms with van der Waals surface area (Å²) in [7, 11) is -4.76. The average Bonchev–Trinajstić information content (AvgIpc) is 3.61. The first kappa shape index (κ1) is 34.1. The summed E-state index contributed by atoms with van der Waals surface area (Å²) in [4.78, 5) is 49.4. The summed E-state index contributed by atoms with van der Waals surface area (Å²) in [5, 5.41) is 46.1. The lowest BCUT2D eigenvalue weighted by Gasteiger charge is -2.16. The number of ether oxygens (including phenoxy) is 1. The number of nitrogen functional groups attached to an aromatic ring is 1. The van der Waals surface area contributed by atoms with Crippen LogP contribution >= 0.6 is 7.82 Å². The van der Waals surface area contributed by atoms with E-state index in [0.717, 1.165) is 0 Å². The van der Waals surface area contributed by atoms with Crippen LogP contribution in [0.3, 0.4) is 0 Å². The van der Waals surface area contributed by atoms with Crippen LogP contribution in [0.15, 0.2) is 33.9 Å². The molecule has 42 heavy (non-hydrogen) atoms. The first-order chi connectivity index (χ1) is 19.6. The van der Waals surface area contributed by atoms with E-state index in [-0.39, 0.29) is 29.0 Å². The van der Waals surface area contributed by atoms with Crippen molar-refractivity contribution in [3.8, 4) is 5.95 Å². The molecular weight excluding hydrogens is 589 g/mol. The molecule has 4 rings (SSSR count). The molecule has 0 saturated carbocycles. The average molecular weight is 622 g/mol. The van der Waals surface area contributed by atoms with Crippen LogP contribution in [0, 0.1) is 5.41 Å². The van der Waals surface area contributed by atoms with E-state index in [2.05, 4.69) is 29.2 Å². The highest BCUT2D eigenvalue weighted by molar-refractivity contribution is 7.46. The number of carboxylic acid groups (broad SMARTS) is 1. The van der Waals surface area contributed by atoms with Gasteiger partial charge in [0.05, 0.1) is 19.2 Å². The van der Waals surface area contributed by atoms with Gasteiger partial charge in [-0.25, -0.2) is 9.55 Å². The molecule has 4 heterocycles. The van der Waals surface area contributed by atoms with Crippen LogP contribution in [0.5, 0.6) is 5.95 Å². The fraction of sp³-hybridized carbons (Fsp3) is 0.450. The number of aromatic nitrogens is 4. The molecule has 234 valence electrons. The monoisotopic (exact) mass is 621 g/mol. The molecule has 1 unspecified atom stereocenters. The van der Waals surface area contributed by atoms with Crippen molar-refractivity contribution in [3.05, 3.63) is 35.1 Å². The minimum atomic E-state index is -4.76. The van der Waals surface area contributed by atoms with Gasteiger partial charge in [-0.1, -0.05) is 0 Å². The molecular formula is C20H32N9O12P. The summed E-state index contributed by atoms with van der Waals surface area (Å²) in [6, 6.07) is 2.27. The molecule has 1 aliphatic heterocycles. The first-order valence-electron chi connectivity index (χ1n) is 11.8. The number of anilines is 1. The molecule has 22 heteroatoms. The Morgan fingerprint density at radius 2 is 2.02 bits per heavy atom. The molecule has 1 aliphatic rings. The number of hydrogen-bond donors (Lipinski definition) is 12. The van der Waals surface area contributed by atoms with E-state index in [1.807, 2.05) is 0 Å². The van der Waals surface area contributed by atoms with E-state index >= 15 is 0 Å². The van der Waals surface area contributed by atoms with Gasteiger partial charge in [-0.3, -0.25) is 29.1 Å². The number of nitrogens with zero attached hydrogens (tertiary/aromatic N) is 3. The number of fused-ring (bicyclic) bond motifs is 1. The van der Waals surface area contributed by atoms with Gasteiger partial charge in [0.25, 0.3) is 11.5 Å². The number of aliphatic carboxylic acids is 1. The molecule has 15 N–H and O–H groups in total. The number of furan rings is 1. The number of phosphoric ester groups is 1.